The molecule has 0 radical (unpaired) electrons. The molecular weight excluding hydrogens is 424 g/mol. The Morgan fingerprint density at radius 3 is 1.97 bits per heavy atom. The van der Waals surface area contributed by atoms with Gasteiger partial charge in [0.05, 0.1) is 39.4 Å². The molecule has 0 unspecified atom stereocenters. The molecule has 0 spiro atoms. The van der Waals surface area contributed by atoms with Crippen LogP contribution in [0, 0.1) is 6.92 Å². The summed E-state index contributed by atoms with van der Waals surface area (Å²) in [6, 6.07) is 8.59. The van der Waals surface area contributed by atoms with Crippen LogP contribution in [0.2, 0.25) is 0 Å². The van der Waals surface area contributed by atoms with Crippen LogP contribution in [-0.4, -0.2) is 70.4 Å². The van der Waals surface area contributed by atoms with E-state index in [2.05, 4.69) is 25.3 Å². The Balaban J connectivity index is 0.000000501. The molecule has 0 heterocycles. The van der Waals surface area contributed by atoms with Gasteiger partial charge in [0.25, 0.3) is 0 Å². The predicted molar refractivity (Wildman–Crippen MR) is 114 cm³/mol. The second-order valence-corrected chi connectivity index (χ2v) is 9.15. The van der Waals surface area contributed by atoms with Gasteiger partial charge < -0.3 is 19.5 Å². The molecule has 2 aromatic carbocycles. The second kappa shape index (κ2) is 9.15. The number of ether oxygens (including phenoxy) is 1. The highest BCUT2D eigenvalue weighted by molar-refractivity contribution is 7.80. The molecule has 168 valence electrons. The minimum atomic E-state index is -4.41. The van der Waals surface area contributed by atoms with Crippen LogP contribution in [0.5, 0.6) is 5.75 Å². The lowest BCUT2D eigenvalue weighted by Gasteiger charge is -2.26. The number of benzene rings is 2. The third-order valence-electron chi connectivity index (χ3n) is 4.63. The Kier molecular flexibility index (Phi) is 7.22. The minimum absolute atomic E-state index is 0.211. The lowest BCUT2D eigenvalue weighted by atomic mass is 9.82. The largest absolute Gasteiger partial charge is 0.726 e. The molecule has 0 aliphatic heterocycles. The molecule has 1 aliphatic carbocycles. The van der Waals surface area contributed by atoms with Crippen molar-refractivity contribution < 1.29 is 36.0 Å². The quantitative estimate of drug-likeness (QED) is 0.267. The maximum atomic E-state index is 13.0. The van der Waals surface area contributed by atoms with Crippen molar-refractivity contribution in [3.63, 3.8) is 0 Å². The van der Waals surface area contributed by atoms with E-state index in [0.717, 1.165) is 23.7 Å². The molecule has 0 fully saturated rings. The van der Waals surface area contributed by atoms with Gasteiger partial charge in [-0.05, 0) is 18.6 Å². The number of carbonyl (C=O) groups is 2. The summed E-state index contributed by atoms with van der Waals surface area (Å²) in [5.74, 6) is 0.00278. The molecule has 0 bridgehead atoms. The van der Waals surface area contributed by atoms with Crippen molar-refractivity contribution in [3.8, 4) is 5.75 Å². The van der Waals surface area contributed by atoms with E-state index >= 15 is 0 Å². The number of nitrogen functional groups attached to an aromatic ring is 1. The average molecular weight is 451 g/mol. The van der Waals surface area contributed by atoms with Crippen LogP contribution < -0.4 is 10.5 Å². The van der Waals surface area contributed by atoms with Crippen molar-refractivity contribution in [2.45, 2.75) is 6.92 Å². The van der Waals surface area contributed by atoms with E-state index in [4.69, 9.17) is 10.5 Å². The third-order valence-corrected chi connectivity index (χ3v) is 5.04. The number of quaternary nitrogens is 1. The number of hydrogen-bond donors (Lipinski definition) is 1. The molecule has 2 aromatic rings. The van der Waals surface area contributed by atoms with E-state index in [1.54, 1.807) is 30.3 Å². The van der Waals surface area contributed by atoms with Gasteiger partial charge in [-0.2, -0.15) is 0 Å². The summed E-state index contributed by atoms with van der Waals surface area (Å²) in [5.41, 5.74) is 8.59. The monoisotopic (exact) mass is 450 g/mol. The Morgan fingerprint density at radius 1 is 1.03 bits per heavy atom. The van der Waals surface area contributed by atoms with Gasteiger partial charge in [-0.15, -0.1) is 0 Å². The van der Waals surface area contributed by atoms with Gasteiger partial charge in [0, 0.05) is 16.8 Å². The Labute approximate surface area is 181 Å². The van der Waals surface area contributed by atoms with Gasteiger partial charge in [-0.3, -0.25) is 13.8 Å². The third kappa shape index (κ3) is 5.88. The minimum Gasteiger partial charge on any atom is -0.726 e. The predicted octanol–water partition coefficient (Wildman–Crippen LogP) is 1.53. The number of nitrogens with zero attached hydrogens (tertiary/aromatic N) is 1. The van der Waals surface area contributed by atoms with Gasteiger partial charge in [-0.25, -0.2) is 8.42 Å². The normalized spacial score (nSPS) is 13.1. The maximum Gasteiger partial charge on any atom is 0.217 e. The molecule has 0 saturated carbocycles. The first-order chi connectivity index (χ1) is 14.3. The number of carbonyl (C=O) groups excluding carboxylic acids is 2. The fraction of sp³-hybridized carbons (Fsp3) is 0.333. The average Bonchev–Trinajstić information content (AvgIpc) is 2.67. The summed E-state index contributed by atoms with van der Waals surface area (Å²) in [7, 11) is 2.60. The molecule has 0 saturated heterocycles. The first-order valence-corrected chi connectivity index (χ1v) is 10.7. The highest BCUT2D eigenvalue weighted by Gasteiger charge is 2.34. The number of likely N-dealkylation sites (N-methyl/N-ethyl adjacent to an activating group) is 1. The molecule has 31 heavy (non-hydrogen) atoms. The van der Waals surface area contributed by atoms with Crippen molar-refractivity contribution in [1.29, 1.82) is 0 Å². The summed E-state index contributed by atoms with van der Waals surface area (Å²) in [5, 5.41) is 0. The SMILES string of the molecule is COS(=O)(=O)[O-].Cc1cc(OCC[N+](C)(C)C)c2c(c1N)C(=O)c1ccccc1C2=O. The summed E-state index contributed by atoms with van der Waals surface area (Å²) >= 11 is 0. The molecule has 0 atom stereocenters. The van der Waals surface area contributed by atoms with Gasteiger partial charge in [0.1, 0.15) is 18.9 Å². The lowest BCUT2D eigenvalue weighted by Crippen LogP contribution is -2.38. The first-order valence-electron chi connectivity index (χ1n) is 9.33. The van der Waals surface area contributed by atoms with E-state index < -0.39 is 10.4 Å². The second-order valence-electron chi connectivity index (χ2n) is 8.00. The van der Waals surface area contributed by atoms with Gasteiger partial charge in [-0.1, -0.05) is 24.3 Å². The van der Waals surface area contributed by atoms with Gasteiger partial charge in [0.15, 0.2) is 11.6 Å². The van der Waals surface area contributed by atoms with Crippen molar-refractivity contribution in [2.24, 2.45) is 0 Å². The Bertz CT molecular complexity index is 1120. The van der Waals surface area contributed by atoms with Crippen LogP contribution in [0.3, 0.4) is 0 Å². The smallest absolute Gasteiger partial charge is 0.217 e. The number of aryl methyl sites for hydroxylation is 1. The van der Waals surface area contributed by atoms with Crippen molar-refractivity contribution in [3.05, 3.63) is 58.1 Å². The fourth-order valence-electron chi connectivity index (χ4n) is 2.95. The van der Waals surface area contributed by atoms with Crippen LogP contribution in [0.25, 0.3) is 0 Å². The number of ketones is 2. The topological polar surface area (TPSA) is 136 Å². The van der Waals surface area contributed by atoms with E-state index in [1.807, 2.05) is 6.92 Å². The van der Waals surface area contributed by atoms with E-state index in [0.29, 0.717) is 29.2 Å². The molecule has 9 nitrogen and oxygen atoms in total. The van der Waals surface area contributed by atoms with Crippen molar-refractivity contribution in [2.75, 3.05) is 47.1 Å². The van der Waals surface area contributed by atoms with E-state index in [1.165, 1.54) is 0 Å². The number of fused-ring (bicyclic) bond motifs is 2. The molecule has 2 N–H and O–H groups in total. The Morgan fingerprint density at radius 2 is 1.52 bits per heavy atom. The van der Waals surface area contributed by atoms with Gasteiger partial charge in [0.2, 0.25) is 10.4 Å². The lowest BCUT2D eigenvalue weighted by molar-refractivity contribution is -0.870. The summed E-state index contributed by atoms with van der Waals surface area (Å²) < 4.78 is 37.7. The highest BCUT2D eigenvalue weighted by atomic mass is 32.3. The highest BCUT2D eigenvalue weighted by Crippen LogP contribution is 2.38. The zero-order chi connectivity index (χ0) is 23.6. The van der Waals surface area contributed by atoms with Crippen LogP contribution in [0.4, 0.5) is 5.69 Å². The van der Waals surface area contributed by atoms with Crippen LogP contribution >= 0.6 is 0 Å². The molecule has 3 rings (SSSR count). The number of nitrogens with two attached hydrogens (primary N) is 1. The summed E-state index contributed by atoms with van der Waals surface area (Å²) in [6.07, 6.45) is 0. The molecule has 0 amide bonds. The number of anilines is 1. The number of hydrogen-bond acceptors (Lipinski definition) is 8. The summed E-state index contributed by atoms with van der Waals surface area (Å²) in [4.78, 5) is 25.9. The fourth-order valence-corrected chi connectivity index (χ4v) is 2.95. The zero-order valence-corrected chi connectivity index (χ0v) is 18.9. The Hall–Kier alpha value is -2.79. The molecule has 1 aliphatic rings. The van der Waals surface area contributed by atoms with Crippen LogP contribution in [-0.2, 0) is 14.6 Å². The van der Waals surface area contributed by atoms with Crippen molar-refractivity contribution >= 4 is 27.7 Å². The van der Waals surface area contributed by atoms with Crippen LogP contribution in [0.15, 0.2) is 30.3 Å². The van der Waals surface area contributed by atoms with Crippen molar-refractivity contribution in [1.82, 2.24) is 0 Å². The maximum absolute atomic E-state index is 13.0. The first kappa shape index (κ1) is 24.5. The standard InChI is InChI=1S/C20H22N2O3.CH4O4S/c1-12-11-15(25-10-9-22(2,3)4)16-17(18(12)21)20(24)14-8-6-5-7-13(14)19(16)23;1-5-6(2,3)4/h5-8,11H,9-10H2,1-4H3,(H-,21,24);1H3,(H,2,3,4). The molecule has 0 aromatic heterocycles. The summed E-state index contributed by atoms with van der Waals surface area (Å²) in [6.45, 7) is 3.04. The van der Waals surface area contributed by atoms with Crippen LogP contribution in [0.1, 0.15) is 37.4 Å². The van der Waals surface area contributed by atoms with Gasteiger partial charge >= 0.3 is 0 Å². The molecular formula is C21H26N2O7S. The molecule has 10 heteroatoms. The van der Waals surface area contributed by atoms with E-state index in [9.17, 15) is 22.6 Å². The zero-order valence-electron chi connectivity index (χ0n) is 18.1. The number of rotatable bonds is 5. The van der Waals surface area contributed by atoms with E-state index in [-0.39, 0.29) is 22.7 Å².